The van der Waals surface area contributed by atoms with Gasteiger partial charge < -0.3 is 8.98 Å². The average Bonchev–Trinajstić information content (AvgIpc) is 2.91. The van der Waals surface area contributed by atoms with E-state index in [9.17, 15) is 9.59 Å². The number of oxazole rings is 1. The van der Waals surface area contributed by atoms with E-state index in [0.29, 0.717) is 16.8 Å². The van der Waals surface area contributed by atoms with Crippen molar-refractivity contribution in [3.05, 3.63) is 51.9 Å². The monoisotopic (exact) mass is 285 g/mol. The lowest BCUT2D eigenvalue weighted by molar-refractivity contribution is 0.0969. The van der Waals surface area contributed by atoms with Gasteiger partial charge in [-0.1, -0.05) is 0 Å². The van der Waals surface area contributed by atoms with Crippen molar-refractivity contribution < 1.29 is 9.21 Å². The number of aryl methyl sites for hydroxylation is 1. The molecule has 3 aromatic rings. The highest BCUT2D eigenvalue weighted by Crippen LogP contribution is 2.16. The summed E-state index contributed by atoms with van der Waals surface area (Å²) in [5.74, 6) is -0.700. The summed E-state index contributed by atoms with van der Waals surface area (Å²) in [6.07, 6.45) is 1.57. The minimum absolute atomic E-state index is 0.0763. The Balaban J connectivity index is 2.02. The van der Waals surface area contributed by atoms with E-state index in [2.05, 4.69) is 4.98 Å². The van der Waals surface area contributed by atoms with Crippen molar-refractivity contribution in [1.82, 2.24) is 14.1 Å². The lowest BCUT2D eigenvalue weighted by atomic mass is 10.1. The van der Waals surface area contributed by atoms with Gasteiger partial charge in [0.2, 0.25) is 0 Å². The highest BCUT2D eigenvalue weighted by Gasteiger charge is 2.18. The molecule has 0 aliphatic rings. The molecule has 0 N–H and O–H groups in total. The average molecular weight is 285 g/mol. The lowest BCUT2D eigenvalue weighted by Gasteiger charge is -2.03. The topological polar surface area (TPSA) is 70.0 Å². The first-order valence-corrected chi connectivity index (χ1v) is 6.59. The summed E-state index contributed by atoms with van der Waals surface area (Å²) >= 11 is 0. The largest absolute Gasteiger partial charge is 0.421 e. The molecule has 6 heteroatoms. The number of pyridine rings is 1. The summed E-state index contributed by atoms with van der Waals surface area (Å²) in [6.45, 7) is 3.74. The van der Waals surface area contributed by atoms with Gasteiger partial charge in [-0.2, -0.15) is 0 Å². The maximum absolute atomic E-state index is 12.5. The fourth-order valence-electron chi connectivity index (χ4n) is 2.41. The number of Topliss-reactive ketones (excluding diaryl/α,β-unsaturated/α-hetero) is 1. The molecule has 0 atom stereocenters. The summed E-state index contributed by atoms with van der Waals surface area (Å²) in [5.41, 5.74) is 3.27. The number of carbonyl (C=O) groups is 1. The van der Waals surface area contributed by atoms with E-state index in [4.69, 9.17) is 4.42 Å². The molecule has 3 aromatic heterocycles. The van der Waals surface area contributed by atoms with Crippen LogP contribution < -0.4 is 5.76 Å². The Morgan fingerprint density at radius 3 is 2.81 bits per heavy atom. The minimum Gasteiger partial charge on any atom is -0.406 e. The normalized spacial score (nSPS) is 11.2. The molecule has 3 heterocycles. The van der Waals surface area contributed by atoms with Crippen molar-refractivity contribution in [3.8, 4) is 0 Å². The third-order valence-electron chi connectivity index (χ3n) is 3.80. The van der Waals surface area contributed by atoms with Crippen LogP contribution in [0.15, 0.2) is 33.6 Å². The molecular formula is C15H15N3O3. The Bertz CT molecular complexity index is 899. The molecule has 0 aromatic carbocycles. The second-order valence-electron chi connectivity index (χ2n) is 5.05. The maximum Gasteiger partial charge on any atom is 0.421 e. The molecule has 0 fully saturated rings. The third kappa shape index (κ3) is 2.08. The summed E-state index contributed by atoms with van der Waals surface area (Å²) in [6, 6.07) is 5.17. The fourth-order valence-corrected chi connectivity index (χ4v) is 2.41. The first-order chi connectivity index (χ1) is 9.99. The highest BCUT2D eigenvalue weighted by atomic mass is 16.4. The Kier molecular flexibility index (Phi) is 3.01. The van der Waals surface area contributed by atoms with Crippen LogP contribution in [0.4, 0.5) is 0 Å². The Morgan fingerprint density at radius 1 is 1.38 bits per heavy atom. The summed E-state index contributed by atoms with van der Waals surface area (Å²) in [5, 5.41) is 0. The van der Waals surface area contributed by atoms with Crippen molar-refractivity contribution in [3.63, 3.8) is 0 Å². The minimum atomic E-state index is -0.567. The van der Waals surface area contributed by atoms with Gasteiger partial charge in [0.05, 0.1) is 6.54 Å². The molecule has 0 radical (unpaired) electrons. The number of hydrogen-bond acceptors (Lipinski definition) is 4. The Hall–Kier alpha value is -2.63. The Morgan fingerprint density at radius 2 is 2.14 bits per heavy atom. The van der Waals surface area contributed by atoms with Gasteiger partial charge >= 0.3 is 5.76 Å². The van der Waals surface area contributed by atoms with E-state index in [0.717, 1.165) is 11.4 Å². The van der Waals surface area contributed by atoms with E-state index < -0.39 is 5.76 Å². The van der Waals surface area contributed by atoms with Crippen LogP contribution in [0.3, 0.4) is 0 Å². The fraction of sp³-hybridized carbons (Fsp3) is 0.267. The van der Waals surface area contributed by atoms with Gasteiger partial charge in [-0.05, 0) is 32.0 Å². The molecule has 0 amide bonds. The smallest absolute Gasteiger partial charge is 0.406 e. The summed E-state index contributed by atoms with van der Waals surface area (Å²) < 4.78 is 8.29. The zero-order valence-corrected chi connectivity index (χ0v) is 12.1. The van der Waals surface area contributed by atoms with E-state index in [-0.39, 0.29) is 12.3 Å². The Labute approximate surface area is 120 Å². The number of carbonyl (C=O) groups excluding carboxylic acids is 1. The molecule has 0 aliphatic carbocycles. The molecule has 108 valence electrons. The number of fused-ring (bicyclic) bond motifs is 1. The molecule has 6 nitrogen and oxygen atoms in total. The number of hydrogen-bond donors (Lipinski definition) is 0. The van der Waals surface area contributed by atoms with E-state index in [1.165, 1.54) is 4.57 Å². The molecule has 3 rings (SSSR count). The first-order valence-electron chi connectivity index (χ1n) is 6.59. The maximum atomic E-state index is 12.5. The van der Waals surface area contributed by atoms with E-state index >= 15 is 0 Å². The van der Waals surface area contributed by atoms with Gasteiger partial charge in [-0.3, -0.25) is 9.36 Å². The van der Waals surface area contributed by atoms with Crippen LogP contribution in [0.5, 0.6) is 0 Å². The van der Waals surface area contributed by atoms with Crippen molar-refractivity contribution in [1.29, 1.82) is 0 Å². The van der Waals surface area contributed by atoms with E-state index in [1.807, 2.05) is 31.5 Å². The predicted octanol–water partition coefficient (Wildman–Crippen LogP) is 1.83. The number of rotatable bonds is 3. The summed E-state index contributed by atoms with van der Waals surface area (Å²) in [7, 11) is 1.91. The molecule has 0 unspecified atom stereocenters. The third-order valence-corrected chi connectivity index (χ3v) is 3.80. The van der Waals surface area contributed by atoms with Crippen LogP contribution in [0.25, 0.3) is 11.2 Å². The second-order valence-corrected chi connectivity index (χ2v) is 5.05. The van der Waals surface area contributed by atoms with Crippen molar-refractivity contribution in [2.24, 2.45) is 7.05 Å². The molecule has 0 spiro atoms. The molecule has 21 heavy (non-hydrogen) atoms. The quantitative estimate of drug-likeness (QED) is 0.688. The zero-order chi connectivity index (χ0) is 15.1. The molecule has 0 bridgehead atoms. The van der Waals surface area contributed by atoms with Gasteiger partial charge in [0, 0.05) is 30.2 Å². The van der Waals surface area contributed by atoms with Crippen LogP contribution in [0.1, 0.15) is 21.7 Å². The van der Waals surface area contributed by atoms with Crippen molar-refractivity contribution in [2.75, 3.05) is 0 Å². The lowest BCUT2D eigenvalue weighted by Crippen LogP contribution is -2.20. The van der Waals surface area contributed by atoms with Crippen LogP contribution in [0, 0.1) is 13.8 Å². The van der Waals surface area contributed by atoms with Crippen LogP contribution in [-0.4, -0.2) is 19.9 Å². The number of ketones is 1. The van der Waals surface area contributed by atoms with Gasteiger partial charge in [-0.15, -0.1) is 0 Å². The van der Waals surface area contributed by atoms with Gasteiger partial charge in [-0.25, -0.2) is 9.78 Å². The zero-order valence-electron chi connectivity index (χ0n) is 12.1. The van der Waals surface area contributed by atoms with Crippen LogP contribution >= 0.6 is 0 Å². The predicted molar refractivity (Wildman–Crippen MR) is 77.5 cm³/mol. The molecular weight excluding hydrogens is 270 g/mol. The second kappa shape index (κ2) is 4.73. The van der Waals surface area contributed by atoms with Crippen LogP contribution in [-0.2, 0) is 13.6 Å². The number of nitrogens with zero attached hydrogens (tertiary/aromatic N) is 3. The van der Waals surface area contributed by atoms with Crippen LogP contribution in [0.2, 0.25) is 0 Å². The first kappa shape index (κ1) is 13.4. The van der Waals surface area contributed by atoms with Crippen molar-refractivity contribution >= 4 is 17.0 Å². The highest BCUT2D eigenvalue weighted by molar-refractivity contribution is 5.97. The van der Waals surface area contributed by atoms with Gasteiger partial charge in [0.1, 0.15) is 0 Å². The van der Waals surface area contributed by atoms with Gasteiger partial charge in [0.15, 0.2) is 17.0 Å². The SMILES string of the molecule is Cc1cc(C(=O)Cn2c(=O)oc3cccnc32)c(C)n1C. The number of aromatic nitrogens is 3. The molecule has 0 saturated heterocycles. The van der Waals surface area contributed by atoms with E-state index in [1.54, 1.807) is 18.3 Å². The molecule has 0 aliphatic heterocycles. The molecule has 0 saturated carbocycles. The van der Waals surface area contributed by atoms with Gasteiger partial charge in [0.25, 0.3) is 0 Å². The van der Waals surface area contributed by atoms with Crippen molar-refractivity contribution in [2.45, 2.75) is 20.4 Å². The standard InChI is InChI=1S/C15H15N3O3/c1-9-7-11(10(2)17(9)3)12(19)8-18-14-13(21-15(18)20)5-4-6-16-14/h4-7H,8H2,1-3H3. The summed E-state index contributed by atoms with van der Waals surface area (Å²) in [4.78, 5) is 28.4.